The first-order chi connectivity index (χ1) is 8.31. The van der Waals surface area contributed by atoms with Crippen LogP contribution in [0.4, 0.5) is 10.1 Å². The van der Waals surface area contributed by atoms with Crippen LogP contribution in [0.1, 0.15) is 5.56 Å². The van der Waals surface area contributed by atoms with Gasteiger partial charge in [0.2, 0.25) is 6.08 Å². The van der Waals surface area contributed by atoms with Gasteiger partial charge < -0.3 is 14.9 Å². The third-order valence-electron chi connectivity index (χ3n) is 2.06. The Morgan fingerprint density at radius 1 is 1.44 bits per heavy atom. The summed E-state index contributed by atoms with van der Waals surface area (Å²) in [5.74, 6) is -0.213. The number of aliphatic imine (C=N–C) groups is 1. The maximum Gasteiger partial charge on any atom is 1.00 e. The van der Waals surface area contributed by atoms with Gasteiger partial charge in [-0.1, -0.05) is 6.07 Å². The quantitative estimate of drug-likeness (QED) is 0.501. The zero-order chi connectivity index (χ0) is 12.1. The zero-order valence-electron chi connectivity index (χ0n) is 9.63. The fourth-order valence-corrected chi connectivity index (χ4v) is 1.29. The summed E-state index contributed by atoms with van der Waals surface area (Å²) < 4.78 is 18.7. The van der Waals surface area contributed by atoms with Crippen LogP contribution in [0.3, 0.4) is 0 Å². The first-order valence-electron chi connectivity index (χ1n) is 4.73. The molecule has 7 heteroatoms. The molecule has 0 unspecified atom stereocenters. The summed E-state index contributed by atoms with van der Waals surface area (Å²) in [5, 5.41) is 7.20. The molecule has 0 fully saturated rings. The number of hydrogen-bond donors (Lipinski definition) is 0. The van der Waals surface area contributed by atoms with Gasteiger partial charge in [0.15, 0.2) is 5.88 Å². The van der Waals surface area contributed by atoms with Crippen LogP contribution in [0.15, 0.2) is 35.5 Å². The normalized spacial score (nSPS) is 9.17. The van der Waals surface area contributed by atoms with Crippen molar-refractivity contribution < 1.29 is 82.8 Å². The maximum absolute atomic E-state index is 13.5. The summed E-state index contributed by atoms with van der Waals surface area (Å²) in [4.78, 5) is 13.6. The molecule has 2 aromatic rings. The average molecular weight is 365 g/mol. The van der Waals surface area contributed by atoms with Gasteiger partial charge in [-0.2, -0.15) is 11.2 Å². The van der Waals surface area contributed by atoms with E-state index in [1.807, 2.05) is 0 Å². The van der Waals surface area contributed by atoms with Crippen molar-refractivity contribution in [2.75, 3.05) is 0 Å². The van der Waals surface area contributed by atoms with E-state index in [-0.39, 0.29) is 92.6 Å². The standard InChI is InChI=1S/C11H7FN3O2.Cs/c12-9-2-1-3-10(13-7-16)8(9)6-17-11-4-5-14-15-11;/h1-5H,6H2;/q-1;+1. The molecule has 0 N–H and O–H groups in total. The van der Waals surface area contributed by atoms with Crippen LogP contribution >= 0.6 is 0 Å². The fraction of sp³-hybridized carbons (Fsp3) is 0.0909. The topological polar surface area (TPSA) is 65.7 Å². The Morgan fingerprint density at radius 2 is 2.28 bits per heavy atom. The SMILES string of the molecule is O=C=Nc1cccc(F)c1COc1cc[n-]n1.[Cs+]. The van der Waals surface area contributed by atoms with Crippen LogP contribution in [0.5, 0.6) is 5.88 Å². The molecule has 0 aliphatic carbocycles. The average Bonchev–Trinajstić information content (AvgIpc) is 2.82. The second kappa shape index (κ2) is 7.90. The van der Waals surface area contributed by atoms with Gasteiger partial charge >= 0.3 is 68.9 Å². The Bertz CT molecular complexity index is 553. The molecule has 0 spiro atoms. The summed E-state index contributed by atoms with van der Waals surface area (Å²) in [7, 11) is 0. The molecule has 18 heavy (non-hydrogen) atoms. The summed E-state index contributed by atoms with van der Waals surface area (Å²) >= 11 is 0. The van der Waals surface area contributed by atoms with Crippen molar-refractivity contribution in [1.82, 2.24) is 10.2 Å². The van der Waals surface area contributed by atoms with E-state index >= 15 is 0 Å². The van der Waals surface area contributed by atoms with Crippen molar-refractivity contribution in [3.05, 3.63) is 41.8 Å². The van der Waals surface area contributed by atoms with E-state index in [2.05, 4.69) is 15.2 Å². The predicted molar refractivity (Wildman–Crippen MR) is 56.1 cm³/mol. The largest absolute Gasteiger partial charge is 1.00 e. The molecule has 0 radical (unpaired) electrons. The van der Waals surface area contributed by atoms with E-state index in [0.29, 0.717) is 0 Å². The first kappa shape index (κ1) is 15.6. The van der Waals surface area contributed by atoms with Crippen LogP contribution in [0, 0.1) is 5.82 Å². The number of hydrogen-bond acceptors (Lipinski definition) is 4. The third-order valence-corrected chi connectivity index (χ3v) is 2.06. The van der Waals surface area contributed by atoms with Crippen molar-refractivity contribution >= 4 is 11.8 Å². The number of nitrogens with zero attached hydrogens (tertiary/aromatic N) is 3. The maximum atomic E-state index is 13.5. The minimum Gasteiger partial charge on any atom is -0.579 e. The molecular weight excluding hydrogens is 358 g/mol. The minimum absolute atomic E-state index is 0. The van der Waals surface area contributed by atoms with Gasteiger partial charge in [0, 0.05) is 0 Å². The monoisotopic (exact) mass is 365 g/mol. The molecule has 0 atom stereocenters. The van der Waals surface area contributed by atoms with Gasteiger partial charge in [0.25, 0.3) is 0 Å². The van der Waals surface area contributed by atoms with Crippen LogP contribution in [-0.2, 0) is 11.4 Å². The second-order valence-corrected chi connectivity index (χ2v) is 3.10. The predicted octanol–water partition coefficient (Wildman–Crippen LogP) is -1.27. The van der Waals surface area contributed by atoms with Crippen molar-refractivity contribution in [3.63, 3.8) is 0 Å². The number of benzene rings is 1. The van der Waals surface area contributed by atoms with Crippen LogP contribution in [-0.4, -0.2) is 11.2 Å². The molecule has 2 rings (SSSR count). The molecule has 0 aliphatic rings. The van der Waals surface area contributed by atoms with Crippen molar-refractivity contribution in [1.29, 1.82) is 0 Å². The molecule has 0 bridgehead atoms. The number of isocyanates is 1. The number of aromatic nitrogens is 2. The molecule has 1 heterocycles. The van der Waals surface area contributed by atoms with Gasteiger partial charge in [0.1, 0.15) is 12.4 Å². The molecule has 0 saturated carbocycles. The van der Waals surface area contributed by atoms with E-state index in [1.54, 1.807) is 6.07 Å². The Balaban J connectivity index is 0.00000162. The second-order valence-electron chi connectivity index (χ2n) is 3.10. The number of ether oxygens (including phenoxy) is 1. The number of halogens is 1. The van der Waals surface area contributed by atoms with Gasteiger partial charge in [0.05, 0.1) is 11.3 Å². The molecule has 0 aliphatic heterocycles. The summed E-state index contributed by atoms with van der Waals surface area (Å²) in [6.45, 7) is -0.0775. The Kier molecular flexibility index (Phi) is 6.87. The van der Waals surface area contributed by atoms with Gasteiger partial charge in [-0.15, -0.1) is 0 Å². The van der Waals surface area contributed by atoms with Gasteiger partial charge in [-0.05, 0) is 18.2 Å². The van der Waals surface area contributed by atoms with Crippen LogP contribution < -0.4 is 78.7 Å². The van der Waals surface area contributed by atoms with Crippen molar-refractivity contribution in [2.45, 2.75) is 6.61 Å². The van der Waals surface area contributed by atoms with Gasteiger partial charge in [-0.25, -0.2) is 9.18 Å². The van der Waals surface area contributed by atoms with Crippen LogP contribution in [0.2, 0.25) is 0 Å². The van der Waals surface area contributed by atoms with E-state index in [9.17, 15) is 9.18 Å². The molecule has 5 nitrogen and oxygen atoms in total. The van der Waals surface area contributed by atoms with Crippen molar-refractivity contribution in [2.24, 2.45) is 4.99 Å². The molecular formula is C11H7CsFN3O2. The third kappa shape index (κ3) is 4.06. The molecule has 1 aromatic heterocycles. The Hall–Kier alpha value is -0.408. The Morgan fingerprint density at radius 3 is 2.94 bits per heavy atom. The van der Waals surface area contributed by atoms with Crippen molar-refractivity contribution in [3.8, 4) is 5.88 Å². The summed E-state index contributed by atoms with van der Waals surface area (Å²) in [6, 6.07) is 5.77. The molecule has 86 valence electrons. The first-order valence-corrected chi connectivity index (χ1v) is 4.73. The smallest absolute Gasteiger partial charge is 0.579 e. The summed E-state index contributed by atoms with van der Waals surface area (Å²) in [6.07, 6.45) is 2.83. The summed E-state index contributed by atoms with van der Waals surface area (Å²) in [5.41, 5.74) is 0.373. The number of carbonyl (C=O) groups excluding carboxylic acids is 1. The number of rotatable bonds is 4. The van der Waals surface area contributed by atoms with E-state index < -0.39 is 5.82 Å². The van der Waals surface area contributed by atoms with E-state index in [4.69, 9.17) is 4.74 Å². The molecule has 1 aromatic carbocycles. The Labute approximate surface area is 161 Å². The van der Waals surface area contributed by atoms with E-state index in [1.165, 1.54) is 30.5 Å². The fourth-order valence-electron chi connectivity index (χ4n) is 1.29. The molecule has 0 amide bonds. The molecule has 0 saturated heterocycles. The van der Waals surface area contributed by atoms with E-state index in [0.717, 1.165) is 0 Å². The van der Waals surface area contributed by atoms with Gasteiger partial charge in [-0.3, -0.25) is 0 Å². The van der Waals surface area contributed by atoms with Crippen LogP contribution in [0.25, 0.3) is 0 Å². The minimum atomic E-state index is -0.499. The zero-order valence-corrected chi connectivity index (χ0v) is 15.9.